The summed E-state index contributed by atoms with van der Waals surface area (Å²) in [7, 11) is 0. The Labute approximate surface area is 124 Å². The van der Waals surface area contributed by atoms with Gasteiger partial charge in [-0.05, 0) is 38.5 Å². The first-order valence-corrected chi connectivity index (χ1v) is 6.94. The van der Waals surface area contributed by atoms with Crippen molar-refractivity contribution in [2.24, 2.45) is 0 Å². The van der Waals surface area contributed by atoms with E-state index in [4.69, 9.17) is 14.6 Å². The average Bonchev–Trinajstić information content (AvgIpc) is 2.46. The average molecular weight is 295 g/mol. The number of hydrogen-bond donors (Lipinski definition) is 2. The Morgan fingerprint density at radius 1 is 1.29 bits per heavy atom. The van der Waals surface area contributed by atoms with Crippen molar-refractivity contribution in [3.8, 4) is 11.5 Å². The molecule has 1 unspecified atom stereocenters. The summed E-state index contributed by atoms with van der Waals surface area (Å²) >= 11 is 0. The normalized spacial score (nSPS) is 11.6. The zero-order valence-corrected chi connectivity index (χ0v) is 12.5. The second-order valence-corrected chi connectivity index (χ2v) is 4.45. The van der Waals surface area contributed by atoms with Gasteiger partial charge in [-0.15, -0.1) is 0 Å². The number of carboxylic acid groups (broad SMARTS) is 1. The summed E-state index contributed by atoms with van der Waals surface area (Å²) in [5, 5.41) is 11.7. The topological polar surface area (TPSA) is 84.9 Å². The maximum absolute atomic E-state index is 11.8. The molecule has 1 atom stereocenters. The van der Waals surface area contributed by atoms with Crippen LogP contribution in [0.5, 0.6) is 11.5 Å². The number of ether oxygens (including phenoxy) is 2. The minimum atomic E-state index is -1.05. The number of hydrogen-bond acceptors (Lipinski definition) is 4. The van der Waals surface area contributed by atoms with Gasteiger partial charge in [-0.2, -0.15) is 0 Å². The number of carbonyl (C=O) groups is 2. The van der Waals surface area contributed by atoms with Crippen molar-refractivity contribution in [3.63, 3.8) is 0 Å². The molecular weight excluding hydrogens is 274 g/mol. The lowest BCUT2D eigenvalue weighted by atomic mass is 10.2. The van der Waals surface area contributed by atoms with Gasteiger partial charge in [0.05, 0.1) is 12.2 Å². The van der Waals surface area contributed by atoms with Gasteiger partial charge in [0.25, 0.3) is 5.91 Å². The fourth-order valence-corrected chi connectivity index (χ4v) is 1.64. The number of amides is 1. The Bertz CT molecular complexity index is 501. The van der Waals surface area contributed by atoms with Crippen LogP contribution in [0.1, 0.15) is 37.6 Å². The number of carbonyl (C=O) groups excluding carboxylic acids is 1. The van der Waals surface area contributed by atoms with Crippen molar-refractivity contribution >= 4 is 11.9 Å². The smallest absolute Gasteiger partial charge is 0.335 e. The zero-order chi connectivity index (χ0) is 15.8. The first-order valence-electron chi connectivity index (χ1n) is 6.94. The largest absolute Gasteiger partial charge is 0.490 e. The summed E-state index contributed by atoms with van der Waals surface area (Å²) in [5.74, 6) is -0.605. The number of benzene rings is 1. The zero-order valence-electron chi connectivity index (χ0n) is 12.5. The molecule has 0 aliphatic rings. The summed E-state index contributed by atoms with van der Waals surface area (Å²) in [4.78, 5) is 22.7. The third-order valence-corrected chi connectivity index (χ3v) is 2.71. The third kappa shape index (κ3) is 4.98. The van der Waals surface area contributed by atoms with Crippen molar-refractivity contribution in [3.05, 3.63) is 23.8 Å². The minimum Gasteiger partial charge on any atom is -0.490 e. The molecule has 0 aromatic heterocycles. The van der Waals surface area contributed by atoms with Crippen LogP contribution in [0.15, 0.2) is 18.2 Å². The molecule has 21 heavy (non-hydrogen) atoms. The van der Waals surface area contributed by atoms with E-state index in [9.17, 15) is 9.59 Å². The molecule has 0 saturated carbocycles. The predicted molar refractivity (Wildman–Crippen MR) is 78.0 cm³/mol. The highest BCUT2D eigenvalue weighted by molar-refractivity contribution is 5.88. The summed E-state index contributed by atoms with van der Waals surface area (Å²) in [6.07, 6.45) is 0.155. The van der Waals surface area contributed by atoms with Gasteiger partial charge in [0.15, 0.2) is 17.6 Å². The molecule has 0 bridgehead atoms. The van der Waals surface area contributed by atoms with Gasteiger partial charge in [0, 0.05) is 6.54 Å². The third-order valence-electron chi connectivity index (χ3n) is 2.71. The van der Waals surface area contributed by atoms with E-state index in [-0.39, 0.29) is 11.5 Å². The molecule has 0 fully saturated rings. The molecule has 1 amide bonds. The molecule has 2 N–H and O–H groups in total. The quantitative estimate of drug-likeness (QED) is 0.767. The highest BCUT2D eigenvalue weighted by Gasteiger charge is 2.17. The predicted octanol–water partition coefficient (Wildman–Crippen LogP) is 2.08. The standard InChI is InChI=1S/C15H21NO5/c1-4-8-16-14(17)10(3)21-12-7-6-11(15(18)19)9-13(12)20-5-2/h6-7,9-10H,4-5,8H2,1-3H3,(H,16,17)(H,18,19). The second-order valence-electron chi connectivity index (χ2n) is 4.45. The summed E-state index contributed by atoms with van der Waals surface area (Å²) in [5.41, 5.74) is 0.105. The molecule has 6 nitrogen and oxygen atoms in total. The van der Waals surface area contributed by atoms with Crippen LogP contribution in [0.25, 0.3) is 0 Å². The molecular formula is C15H21NO5. The van der Waals surface area contributed by atoms with Gasteiger partial charge in [0.1, 0.15) is 0 Å². The van der Waals surface area contributed by atoms with Crippen LogP contribution in [0, 0.1) is 0 Å². The van der Waals surface area contributed by atoms with E-state index < -0.39 is 12.1 Å². The molecule has 0 aliphatic carbocycles. The van der Waals surface area contributed by atoms with E-state index in [2.05, 4.69) is 5.32 Å². The first-order chi connectivity index (χ1) is 9.99. The van der Waals surface area contributed by atoms with Crippen LogP contribution in [0.4, 0.5) is 0 Å². The van der Waals surface area contributed by atoms with Gasteiger partial charge < -0.3 is 19.9 Å². The van der Waals surface area contributed by atoms with Crippen LogP contribution in [0.2, 0.25) is 0 Å². The van der Waals surface area contributed by atoms with Gasteiger partial charge in [-0.25, -0.2) is 4.79 Å². The molecule has 6 heteroatoms. The number of aromatic carboxylic acids is 1. The SMILES string of the molecule is CCCNC(=O)C(C)Oc1ccc(C(=O)O)cc1OCC. The Balaban J connectivity index is 2.86. The van der Waals surface area contributed by atoms with Crippen molar-refractivity contribution < 1.29 is 24.2 Å². The molecule has 0 heterocycles. The minimum absolute atomic E-state index is 0.105. The molecule has 0 spiro atoms. The Kier molecular flexibility index (Phi) is 6.52. The summed E-state index contributed by atoms with van der Waals surface area (Å²) < 4.78 is 10.9. The Hall–Kier alpha value is -2.24. The summed E-state index contributed by atoms with van der Waals surface area (Å²) in [6.45, 7) is 6.34. The van der Waals surface area contributed by atoms with Crippen LogP contribution in [-0.2, 0) is 4.79 Å². The van der Waals surface area contributed by atoms with E-state index in [0.717, 1.165) is 6.42 Å². The fourth-order valence-electron chi connectivity index (χ4n) is 1.64. The lowest BCUT2D eigenvalue weighted by Gasteiger charge is -2.17. The van der Waals surface area contributed by atoms with Gasteiger partial charge in [0.2, 0.25) is 0 Å². The second kappa shape index (κ2) is 8.14. The van der Waals surface area contributed by atoms with Crippen LogP contribution < -0.4 is 14.8 Å². The van der Waals surface area contributed by atoms with Gasteiger partial charge >= 0.3 is 5.97 Å². The van der Waals surface area contributed by atoms with Crippen molar-refractivity contribution in [2.75, 3.05) is 13.2 Å². The van der Waals surface area contributed by atoms with E-state index in [1.54, 1.807) is 13.8 Å². The monoisotopic (exact) mass is 295 g/mol. The number of carboxylic acids is 1. The summed E-state index contributed by atoms with van der Waals surface area (Å²) in [6, 6.07) is 4.30. The molecule has 0 saturated heterocycles. The van der Waals surface area contributed by atoms with Crippen LogP contribution in [0.3, 0.4) is 0 Å². The van der Waals surface area contributed by atoms with Crippen molar-refractivity contribution in [2.45, 2.75) is 33.3 Å². The maximum atomic E-state index is 11.8. The molecule has 1 aromatic rings. The van der Waals surface area contributed by atoms with Crippen molar-refractivity contribution in [1.29, 1.82) is 0 Å². The lowest BCUT2D eigenvalue weighted by Crippen LogP contribution is -2.36. The van der Waals surface area contributed by atoms with E-state index in [1.165, 1.54) is 18.2 Å². The molecule has 1 rings (SSSR count). The maximum Gasteiger partial charge on any atom is 0.335 e. The number of rotatable bonds is 8. The first kappa shape index (κ1) is 16.8. The Morgan fingerprint density at radius 3 is 2.57 bits per heavy atom. The molecule has 0 radical (unpaired) electrons. The van der Waals surface area contributed by atoms with Crippen molar-refractivity contribution in [1.82, 2.24) is 5.32 Å². The van der Waals surface area contributed by atoms with E-state index >= 15 is 0 Å². The lowest BCUT2D eigenvalue weighted by molar-refractivity contribution is -0.127. The molecule has 1 aromatic carbocycles. The number of nitrogens with one attached hydrogen (secondary N) is 1. The molecule has 116 valence electrons. The highest BCUT2D eigenvalue weighted by atomic mass is 16.5. The van der Waals surface area contributed by atoms with Crippen LogP contribution >= 0.6 is 0 Å². The highest BCUT2D eigenvalue weighted by Crippen LogP contribution is 2.29. The van der Waals surface area contributed by atoms with Gasteiger partial charge in [-0.1, -0.05) is 6.92 Å². The van der Waals surface area contributed by atoms with E-state index in [0.29, 0.717) is 24.7 Å². The van der Waals surface area contributed by atoms with Gasteiger partial charge in [-0.3, -0.25) is 4.79 Å². The Morgan fingerprint density at radius 2 is 2.00 bits per heavy atom. The van der Waals surface area contributed by atoms with Crippen LogP contribution in [-0.4, -0.2) is 36.2 Å². The molecule has 0 aliphatic heterocycles. The fraction of sp³-hybridized carbons (Fsp3) is 0.467. The van der Waals surface area contributed by atoms with E-state index in [1.807, 2.05) is 6.92 Å².